The molecule has 2 fully saturated rings. The minimum atomic E-state index is -0.960. The quantitative estimate of drug-likeness (QED) is 0.416. The van der Waals surface area contributed by atoms with Crippen LogP contribution in [0.25, 0.3) is 5.57 Å². The van der Waals surface area contributed by atoms with Crippen LogP contribution < -0.4 is 14.4 Å². The summed E-state index contributed by atoms with van der Waals surface area (Å²) in [5, 5.41) is 9.48. The van der Waals surface area contributed by atoms with E-state index in [1.165, 1.54) is 0 Å². The van der Waals surface area contributed by atoms with Crippen LogP contribution in [0.1, 0.15) is 55.4 Å². The van der Waals surface area contributed by atoms with E-state index in [2.05, 4.69) is 17.0 Å². The van der Waals surface area contributed by atoms with Gasteiger partial charge < -0.3 is 19.3 Å². The number of alkyl halides is 1. The summed E-state index contributed by atoms with van der Waals surface area (Å²) in [6, 6.07) is 9.81. The Balaban J connectivity index is 1.29. The number of carbonyl (C=O) groups is 1. The van der Waals surface area contributed by atoms with Crippen LogP contribution in [-0.4, -0.2) is 60.7 Å². The lowest BCUT2D eigenvalue weighted by atomic mass is 9.90. The minimum Gasteiger partial charge on any atom is -0.493 e. The van der Waals surface area contributed by atoms with Crippen LogP contribution >= 0.6 is 0 Å². The number of rotatable bonds is 9. The second kappa shape index (κ2) is 12.0. The molecule has 214 valence electrons. The van der Waals surface area contributed by atoms with E-state index in [1.54, 1.807) is 11.0 Å². The smallest absolute Gasteiger partial charge is 0.415 e. The number of hydrogen-bond donors (Lipinski definition) is 1. The van der Waals surface area contributed by atoms with Crippen LogP contribution in [0.15, 0.2) is 48.6 Å². The van der Waals surface area contributed by atoms with E-state index in [9.17, 15) is 14.3 Å². The first-order valence-electron chi connectivity index (χ1n) is 14.2. The van der Waals surface area contributed by atoms with Crippen LogP contribution in [0.3, 0.4) is 0 Å². The first-order chi connectivity index (χ1) is 19.3. The molecule has 0 radical (unpaired) electrons. The van der Waals surface area contributed by atoms with Crippen molar-refractivity contribution in [3.63, 3.8) is 0 Å². The van der Waals surface area contributed by atoms with Crippen LogP contribution in [0.4, 0.5) is 14.9 Å². The zero-order chi connectivity index (χ0) is 28.3. The van der Waals surface area contributed by atoms with Gasteiger partial charge in [-0.05, 0) is 73.4 Å². The molecule has 2 aromatic carbocycles. The molecule has 3 aliphatic rings. The van der Waals surface area contributed by atoms with E-state index in [-0.39, 0.29) is 12.7 Å². The Bertz CT molecular complexity index is 1270. The van der Waals surface area contributed by atoms with Gasteiger partial charge in [0, 0.05) is 44.6 Å². The van der Waals surface area contributed by atoms with E-state index >= 15 is 0 Å². The van der Waals surface area contributed by atoms with Gasteiger partial charge in [-0.2, -0.15) is 0 Å². The second-order valence-electron chi connectivity index (χ2n) is 10.8. The number of halogens is 1. The van der Waals surface area contributed by atoms with E-state index < -0.39 is 11.8 Å². The lowest BCUT2D eigenvalue weighted by Gasteiger charge is -2.37. The summed E-state index contributed by atoms with van der Waals surface area (Å²) in [6.07, 6.45) is 5.87. The van der Waals surface area contributed by atoms with Crippen LogP contribution in [0.2, 0.25) is 0 Å². The number of aliphatic hydroxyl groups is 1. The summed E-state index contributed by atoms with van der Waals surface area (Å²) in [5.74, 6) is 1.49. The standard InChI is InChI=1S/C32H39FN2O5/c1-4-38-28-17-23(18-29(39-5-2)30(28)24-6-9-26(33)10-7-24)19-34-14-12-32(13-15-34)21-35(31(37)40-32)27-11-8-25(20-36)22(3)16-27/h6-9,11,16-18,26,36H,4-5,10,12-15,19-21H2,1-3H3. The Morgan fingerprint density at radius 3 is 2.38 bits per heavy atom. The lowest BCUT2D eigenvalue weighted by molar-refractivity contribution is -0.00101. The Morgan fingerprint density at radius 2 is 1.80 bits per heavy atom. The fourth-order valence-electron chi connectivity index (χ4n) is 5.82. The van der Waals surface area contributed by atoms with Crippen molar-refractivity contribution in [3.8, 4) is 11.5 Å². The third-order valence-electron chi connectivity index (χ3n) is 8.01. The maximum absolute atomic E-state index is 13.7. The number of nitrogens with zero attached hydrogens (tertiary/aromatic N) is 2. The normalized spacial score (nSPS) is 20.5. The Labute approximate surface area is 235 Å². The largest absolute Gasteiger partial charge is 0.493 e. The number of aryl methyl sites for hydroxylation is 1. The average Bonchev–Trinajstić information content (AvgIpc) is 3.26. The molecular formula is C32H39FN2O5. The second-order valence-corrected chi connectivity index (χ2v) is 10.8. The highest BCUT2D eigenvalue weighted by atomic mass is 19.1. The molecule has 0 aromatic heterocycles. The highest BCUT2D eigenvalue weighted by molar-refractivity contribution is 5.90. The van der Waals surface area contributed by atoms with Crippen molar-refractivity contribution in [1.29, 1.82) is 0 Å². The van der Waals surface area contributed by atoms with Crippen molar-refractivity contribution in [2.75, 3.05) is 37.7 Å². The number of carbonyl (C=O) groups excluding carboxylic acids is 1. The fourth-order valence-corrected chi connectivity index (χ4v) is 5.82. The molecule has 1 amide bonds. The highest BCUT2D eigenvalue weighted by Crippen LogP contribution is 2.40. The summed E-state index contributed by atoms with van der Waals surface area (Å²) in [5.41, 5.74) is 4.98. The molecule has 2 aromatic rings. The molecule has 5 rings (SSSR count). The molecule has 7 nitrogen and oxygen atoms in total. The van der Waals surface area contributed by atoms with E-state index in [4.69, 9.17) is 14.2 Å². The van der Waals surface area contributed by atoms with Gasteiger partial charge in [0.1, 0.15) is 23.3 Å². The topological polar surface area (TPSA) is 71.5 Å². The number of anilines is 1. The van der Waals surface area contributed by atoms with Crippen molar-refractivity contribution in [3.05, 3.63) is 70.8 Å². The first-order valence-corrected chi connectivity index (χ1v) is 14.2. The SMILES string of the molecule is CCOc1cc(CN2CCC3(CC2)CN(c2ccc(CO)c(C)c2)C(=O)O3)cc(OCC)c1C1=CCC(F)C=C1. The molecular weight excluding hydrogens is 511 g/mol. The summed E-state index contributed by atoms with van der Waals surface area (Å²) >= 11 is 0. The number of ether oxygens (including phenoxy) is 3. The number of benzene rings is 2. The van der Waals surface area contributed by atoms with E-state index in [1.807, 2.05) is 51.1 Å². The van der Waals surface area contributed by atoms with E-state index in [0.29, 0.717) is 26.2 Å². The van der Waals surface area contributed by atoms with Crippen LogP contribution in [0, 0.1) is 6.92 Å². The lowest BCUT2D eigenvalue weighted by Crippen LogP contribution is -2.46. The summed E-state index contributed by atoms with van der Waals surface area (Å²) in [7, 11) is 0. The number of amides is 1. The number of hydrogen-bond acceptors (Lipinski definition) is 6. The molecule has 1 atom stereocenters. The zero-order valence-electron chi connectivity index (χ0n) is 23.6. The van der Waals surface area contributed by atoms with Crippen molar-refractivity contribution in [2.24, 2.45) is 0 Å². The molecule has 0 bridgehead atoms. The minimum absolute atomic E-state index is 0.0222. The molecule has 2 heterocycles. The number of allylic oxidation sites excluding steroid dienone is 4. The van der Waals surface area contributed by atoms with E-state index in [0.717, 1.165) is 77.5 Å². The van der Waals surface area contributed by atoms with Crippen LogP contribution in [0.5, 0.6) is 11.5 Å². The van der Waals surface area contributed by atoms with Gasteiger partial charge >= 0.3 is 6.09 Å². The molecule has 1 unspecified atom stereocenters. The molecule has 2 aliphatic heterocycles. The van der Waals surface area contributed by atoms with Crippen molar-refractivity contribution in [2.45, 2.75) is 65.0 Å². The molecule has 1 N–H and O–H groups in total. The first kappa shape index (κ1) is 28.2. The van der Waals surface area contributed by atoms with Gasteiger partial charge in [-0.1, -0.05) is 18.2 Å². The molecule has 8 heteroatoms. The van der Waals surface area contributed by atoms with Crippen molar-refractivity contribution in [1.82, 2.24) is 4.90 Å². The number of piperidine rings is 1. The average molecular weight is 551 g/mol. The van der Waals surface area contributed by atoms with Gasteiger partial charge in [0.25, 0.3) is 0 Å². The number of likely N-dealkylation sites (tertiary alicyclic amines) is 1. The van der Waals surface area contributed by atoms with Crippen LogP contribution in [-0.2, 0) is 17.9 Å². The molecule has 0 saturated carbocycles. The number of aliphatic hydroxyl groups excluding tert-OH is 1. The van der Waals surface area contributed by atoms with Crippen molar-refractivity contribution >= 4 is 17.4 Å². The maximum Gasteiger partial charge on any atom is 0.415 e. The molecule has 40 heavy (non-hydrogen) atoms. The third-order valence-corrected chi connectivity index (χ3v) is 8.01. The van der Waals surface area contributed by atoms with Gasteiger partial charge in [-0.15, -0.1) is 0 Å². The monoisotopic (exact) mass is 550 g/mol. The predicted molar refractivity (Wildman–Crippen MR) is 154 cm³/mol. The van der Waals surface area contributed by atoms with Gasteiger partial charge in [0.15, 0.2) is 0 Å². The summed E-state index contributed by atoms with van der Waals surface area (Å²) in [4.78, 5) is 16.9. The maximum atomic E-state index is 13.7. The third kappa shape index (κ3) is 5.88. The summed E-state index contributed by atoms with van der Waals surface area (Å²) < 4.78 is 31.8. The van der Waals surface area contributed by atoms with Crippen molar-refractivity contribution < 1.29 is 28.5 Å². The molecule has 1 aliphatic carbocycles. The summed E-state index contributed by atoms with van der Waals surface area (Å²) in [6.45, 7) is 9.70. The Kier molecular flexibility index (Phi) is 8.47. The van der Waals surface area contributed by atoms with Gasteiger partial charge in [-0.3, -0.25) is 9.80 Å². The zero-order valence-corrected chi connectivity index (χ0v) is 23.6. The van der Waals surface area contributed by atoms with Gasteiger partial charge in [0.05, 0.1) is 31.9 Å². The highest BCUT2D eigenvalue weighted by Gasteiger charge is 2.47. The van der Waals surface area contributed by atoms with Gasteiger partial charge in [0.2, 0.25) is 0 Å². The Hall–Kier alpha value is -3.36. The van der Waals surface area contributed by atoms with Gasteiger partial charge in [-0.25, -0.2) is 9.18 Å². The fraction of sp³-hybridized carbons (Fsp3) is 0.469. The molecule has 2 saturated heterocycles. The predicted octanol–water partition coefficient (Wildman–Crippen LogP) is 5.96. The Morgan fingerprint density at radius 1 is 1.10 bits per heavy atom. The molecule has 1 spiro atoms.